The molecular weight excluding hydrogens is 148 g/mol. The van der Waals surface area contributed by atoms with Gasteiger partial charge in [0.1, 0.15) is 5.22 Å². The summed E-state index contributed by atoms with van der Waals surface area (Å²) in [6.07, 6.45) is 0.672. The third-order valence-electron chi connectivity index (χ3n) is 1.65. The molecule has 0 aliphatic heterocycles. The Hall–Kier alpha value is 0.0969. The van der Waals surface area contributed by atoms with Gasteiger partial charge < -0.3 is 14.0 Å². The van der Waals surface area contributed by atoms with Crippen molar-refractivity contribution in [2.75, 3.05) is 14.2 Å². The molecule has 0 heterocycles. The van der Waals surface area contributed by atoms with Gasteiger partial charge in [-0.2, -0.15) is 0 Å². The van der Waals surface area contributed by atoms with E-state index in [4.69, 9.17) is 8.85 Å². The van der Waals surface area contributed by atoms with Gasteiger partial charge in [-0.25, -0.2) is 0 Å². The van der Waals surface area contributed by atoms with Crippen LogP contribution in [0.3, 0.4) is 0 Å². The molecule has 4 heteroatoms. The Bertz CT molecular complexity index is 91.0. The molecule has 1 unspecified atom stereocenters. The predicted octanol–water partition coefficient (Wildman–Crippen LogP) is 0.200. The van der Waals surface area contributed by atoms with E-state index in [1.807, 2.05) is 6.92 Å². The Morgan fingerprint density at radius 3 is 1.90 bits per heavy atom. The highest BCUT2D eigenvalue weighted by Gasteiger charge is 2.33. The second kappa shape index (κ2) is 4.08. The molecule has 62 valence electrons. The van der Waals surface area contributed by atoms with Crippen LogP contribution in [-0.2, 0) is 8.85 Å². The van der Waals surface area contributed by atoms with Gasteiger partial charge >= 0.3 is 9.28 Å². The fraction of sp³-hybridized carbons (Fsp3) is 1.00. The molecule has 0 aromatic heterocycles. The van der Waals surface area contributed by atoms with Crippen LogP contribution in [0, 0.1) is 0 Å². The van der Waals surface area contributed by atoms with Crippen molar-refractivity contribution in [1.82, 2.24) is 0 Å². The van der Waals surface area contributed by atoms with Gasteiger partial charge in [-0.15, -0.1) is 0 Å². The number of hydrogen-bond acceptors (Lipinski definition) is 3. The van der Waals surface area contributed by atoms with Gasteiger partial charge in [-0.05, 0) is 13.3 Å². The van der Waals surface area contributed by atoms with Crippen LogP contribution in [0.15, 0.2) is 0 Å². The van der Waals surface area contributed by atoms with Crippen molar-refractivity contribution in [2.45, 2.75) is 25.5 Å². The summed E-state index contributed by atoms with van der Waals surface area (Å²) in [4.78, 5) is 0. The highest BCUT2D eigenvalue weighted by atomic mass is 28.3. The molecule has 0 radical (unpaired) electrons. The van der Waals surface area contributed by atoms with Gasteiger partial charge in [0.15, 0.2) is 0 Å². The van der Waals surface area contributed by atoms with Crippen molar-refractivity contribution in [2.24, 2.45) is 0 Å². The lowest BCUT2D eigenvalue weighted by Gasteiger charge is -2.26. The molecule has 1 N–H and O–H groups in total. The zero-order valence-electron chi connectivity index (χ0n) is 7.05. The summed E-state index contributed by atoms with van der Waals surface area (Å²) in [5.41, 5.74) is 0. The van der Waals surface area contributed by atoms with E-state index in [9.17, 15) is 5.11 Å². The van der Waals surface area contributed by atoms with E-state index in [0.717, 1.165) is 0 Å². The highest BCUT2D eigenvalue weighted by molar-refractivity contribution is 6.47. The maximum Gasteiger partial charge on any atom is 0.353 e. The zero-order valence-corrected chi connectivity index (χ0v) is 8.20. The van der Waals surface area contributed by atoms with E-state index in [2.05, 4.69) is 0 Å². The van der Waals surface area contributed by atoms with Crippen molar-refractivity contribution < 1.29 is 14.0 Å². The quantitative estimate of drug-likeness (QED) is 0.603. The van der Waals surface area contributed by atoms with Crippen LogP contribution >= 0.6 is 0 Å². The molecule has 0 spiro atoms. The SMILES string of the molecule is CCC(C)(O)[SiH](OC)OC. The van der Waals surface area contributed by atoms with Crippen LogP contribution in [0.1, 0.15) is 20.3 Å². The minimum absolute atomic E-state index is 0.672. The first kappa shape index (κ1) is 10.1. The fourth-order valence-corrected chi connectivity index (χ4v) is 2.31. The predicted molar refractivity (Wildman–Crippen MR) is 42.1 cm³/mol. The Kier molecular flexibility index (Phi) is 4.11. The van der Waals surface area contributed by atoms with Gasteiger partial charge in [-0.3, -0.25) is 0 Å². The van der Waals surface area contributed by atoms with Gasteiger partial charge in [0.2, 0.25) is 0 Å². The summed E-state index contributed by atoms with van der Waals surface area (Å²) < 4.78 is 10.0. The molecule has 0 aliphatic rings. The summed E-state index contributed by atoms with van der Waals surface area (Å²) in [5, 5.41) is 8.85. The molecule has 0 aromatic rings. The molecule has 0 rings (SSSR count). The minimum Gasteiger partial charge on any atom is -0.398 e. The number of rotatable bonds is 4. The minimum atomic E-state index is -1.85. The first-order chi connectivity index (χ1) is 4.58. The van der Waals surface area contributed by atoms with Gasteiger partial charge in [0.05, 0.1) is 0 Å². The summed E-state index contributed by atoms with van der Waals surface area (Å²) >= 11 is 0. The smallest absolute Gasteiger partial charge is 0.353 e. The standard InChI is InChI=1S/C6H16O3Si/c1-5-6(2,7)10(8-3)9-4/h7,10H,5H2,1-4H3. The molecule has 0 aromatic carbocycles. The first-order valence-electron chi connectivity index (χ1n) is 3.36. The summed E-state index contributed by atoms with van der Waals surface area (Å²) in [6.45, 7) is 3.66. The molecule has 10 heavy (non-hydrogen) atoms. The molecule has 0 bridgehead atoms. The molecule has 0 aliphatic carbocycles. The molecular formula is C6H16O3Si. The van der Waals surface area contributed by atoms with Crippen LogP contribution in [-0.4, -0.2) is 33.8 Å². The topological polar surface area (TPSA) is 38.7 Å². The average molecular weight is 164 g/mol. The van der Waals surface area contributed by atoms with E-state index in [1.54, 1.807) is 21.1 Å². The monoisotopic (exact) mass is 164 g/mol. The Labute approximate surface area is 63.8 Å². The Morgan fingerprint density at radius 1 is 1.40 bits per heavy atom. The Morgan fingerprint density at radius 2 is 1.80 bits per heavy atom. The van der Waals surface area contributed by atoms with Crippen LogP contribution < -0.4 is 0 Å². The molecule has 3 nitrogen and oxygen atoms in total. The largest absolute Gasteiger partial charge is 0.398 e. The lowest BCUT2D eigenvalue weighted by molar-refractivity contribution is 0.0801. The van der Waals surface area contributed by atoms with Crippen LogP contribution in [0.25, 0.3) is 0 Å². The first-order valence-corrected chi connectivity index (χ1v) is 4.88. The molecule has 0 saturated carbocycles. The number of hydrogen-bond donors (Lipinski definition) is 1. The highest BCUT2D eigenvalue weighted by Crippen LogP contribution is 2.13. The molecule has 0 saturated heterocycles. The zero-order chi connectivity index (χ0) is 8.20. The Balaban J connectivity index is 3.97. The van der Waals surface area contributed by atoms with Gasteiger partial charge in [-0.1, -0.05) is 6.92 Å². The summed E-state index contributed by atoms with van der Waals surface area (Å²) in [5.74, 6) is 0. The van der Waals surface area contributed by atoms with Crippen molar-refractivity contribution in [3.05, 3.63) is 0 Å². The van der Waals surface area contributed by atoms with E-state index in [1.165, 1.54) is 0 Å². The lowest BCUT2D eigenvalue weighted by atomic mass is 10.3. The van der Waals surface area contributed by atoms with Crippen molar-refractivity contribution >= 4 is 9.28 Å². The molecule has 0 fully saturated rings. The van der Waals surface area contributed by atoms with Crippen molar-refractivity contribution in [3.63, 3.8) is 0 Å². The maximum absolute atomic E-state index is 9.59. The average Bonchev–Trinajstić information content (AvgIpc) is 1.90. The van der Waals surface area contributed by atoms with Crippen molar-refractivity contribution in [3.8, 4) is 0 Å². The van der Waals surface area contributed by atoms with Crippen molar-refractivity contribution in [1.29, 1.82) is 0 Å². The van der Waals surface area contributed by atoms with Gasteiger partial charge in [0, 0.05) is 14.2 Å². The van der Waals surface area contributed by atoms with E-state index >= 15 is 0 Å². The van der Waals surface area contributed by atoms with E-state index in [-0.39, 0.29) is 0 Å². The lowest BCUT2D eigenvalue weighted by Crippen LogP contribution is -2.46. The van der Waals surface area contributed by atoms with E-state index < -0.39 is 14.5 Å². The fourth-order valence-electron chi connectivity index (χ4n) is 0.771. The van der Waals surface area contributed by atoms with Gasteiger partial charge in [0.25, 0.3) is 0 Å². The molecule has 1 atom stereocenters. The second-order valence-electron chi connectivity index (χ2n) is 2.51. The summed E-state index contributed by atoms with van der Waals surface area (Å²) in [7, 11) is 1.30. The third kappa shape index (κ3) is 2.38. The van der Waals surface area contributed by atoms with Crippen LogP contribution in [0.4, 0.5) is 0 Å². The number of aliphatic hydroxyl groups is 1. The second-order valence-corrected chi connectivity index (χ2v) is 5.36. The third-order valence-corrected chi connectivity index (χ3v) is 3.93. The van der Waals surface area contributed by atoms with Crippen LogP contribution in [0.2, 0.25) is 0 Å². The van der Waals surface area contributed by atoms with E-state index in [0.29, 0.717) is 6.42 Å². The summed E-state index contributed by atoms with van der Waals surface area (Å²) in [6, 6.07) is 0. The molecule has 0 amide bonds. The normalized spacial score (nSPS) is 17.4. The van der Waals surface area contributed by atoms with Crippen LogP contribution in [0.5, 0.6) is 0 Å². The maximum atomic E-state index is 9.59.